The molecule has 0 saturated heterocycles. The standard InChI is InChI=1S/C23H18FN9O2/c1-14(12-32-13-27-30-31-32)35-23-5-3-4-18(28-23)19-6-7-22-26-11-20(33(22)29-19)16-8-15(24)9-21(34-2)17(16)10-25/h3-9,11,13-14H,12H2,1-2H3/t14-/m0/s1. The van der Waals surface area contributed by atoms with E-state index in [0.29, 0.717) is 40.7 Å². The fraction of sp³-hybridized carbons (Fsp3) is 0.174. The predicted molar refractivity (Wildman–Crippen MR) is 121 cm³/mol. The Bertz CT molecular complexity index is 1540. The van der Waals surface area contributed by atoms with Gasteiger partial charge in [-0.3, -0.25) is 0 Å². The van der Waals surface area contributed by atoms with Gasteiger partial charge in [-0.15, -0.1) is 5.10 Å². The number of nitriles is 1. The molecule has 0 aliphatic rings. The van der Waals surface area contributed by atoms with Crippen LogP contribution in [0.3, 0.4) is 0 Å². The summed E-state index contributed by atoms with van der Waals surface area (Å²) >= 11 is 0. The minimum atomic E-state index is -0.538. The average Bonchev–Trinajstić information content (AvgIpc) is 3.53. The van der Waals surface area contributed by atoms with Gasteiger partial charge in [-0.2, -0.15) is 10.4 Å². The maximum absolute atomic E-state index is 14.3. The summed E-state index contributed by atoms with van der Waals surface area (Å²) in [6.45, 7) is 2.35. The minimum absolute atomic E-state index is 0.135. The highest BCUT2D eigenvalue weighted by Gasteiger charge is 2.18. The summed E-state index contributed by atoms with van der Waals surface area (Å²) in [5, 5.41) is 25.4. The lowest BCUT2D eigenvalue weighted by atomic mass is 10.0. The molecule has 5 rings (SSSR count). The Morgan fingerprint density at radius 1 is 1.17 bits per heavy atom. The molecule has 0 spiro atoms. The van der Waals surface area contributed by atoms with Crippen molar-refractivity contribution in [2.45, 2.75) is 19.6 Å². The van der Waals surface area contributed by atoms with Crippen LogP contribution in [0.4, 0.5) is 4.39 Å². The Morgan fingerprint density at radius 2 is 2.06 bits per heavy atom. The maximum atomic E-state index is 14.3. The van der Waals surface area contributed by atoms with Gasteiger partial charge >= 0.3 is 0 Å². The van der Waals surface area contributed by atoms with Crippen LogP contribution < -0.4 is 9.47 Å². The zero-order chi connectivity index (χ0) is 24.4. The molecule has 0 unspecified atom stereocenters. The fourth-order valence-corrected chi connectivity index (χ4v) is 3.65. The maximum Gasteiger partial charge on any atom is 0.214 e. The molecular weight excluding hydrogens is 453 g/mol. The van der Waals surface area contributed by atoms with Gasteiger partial charge in [0.1, 0.15) is 41.3 Å². The van der Waals surface area contributed by atoms with Crippen LogP contribution in [0.5, 0.6) is 11.6 Å². The lowest BCUT2D eigenvalue weighted by Gasteiger charge is -2.14. The molecule has 0 bridgehead atoms. The van der Waals surface area contributed by atoms with Gasteiger partial charge in [0.15, 0.2) is 5.65 Å². The quantitative estimate of drug-likeness (QED) is 0.352. The number of imidazole rings is 1. The first-order valence-electron chi connectivity index (χ1n) is 10.5. The number of fused-ring (bicyclic) bond motifs is 1. The normalized spacial score (nSPS) is 11.8. The summed E-state index contributed by atoms with van der Waals surface area (Å²) in [7, 11) is 1.38. The number of nitrogens with zero attached hydrogens (tertiary/aromatic N) is 9. The molecular formula is C23H18FN9O2. The van der Waals surface area contributed by atoms with Crippen LogP contribution in [-0.2, 0) is 6.54 Å². The van der Waals surface area contributed by atoms with Crippen molar-refractivity contribution in [3.63, 3.8) is 0 Å². The molecule has 0 N–H and O–H groups in total. The van der Waals surface area contributed by atoms with Crippen LogP contribution in [0.25, 0.3) is 28.3 Å². The van der Waals surface area contributed by atoms with Crippen molar-refractivity contribution in [1.82, 2.24) is 39.8 Å². The second-order valence-electron chi connectivity index (χ2n) is 7.60. The van der Waals surface area contributed by atoms with E-state index in [1.807, 2.05) is 13.0 Å². The first-order valence-corrected chi connectivity index (χ1v) is 10.5. The predicted octanol–water partition coefficient (Wildman–Crippen LogP) is 2.93. The SMILES string of the molecule is COc1cc(F)cc(-c2cnc3ccc(-c4cccc(O[C@@H](C)Cn5cnnn5)n4)nn23)c1C#N. The smallest absolute Gasteiger partial charge is 0.214 e. The highest BCUT2D eigenvalue weighted by molar-refractivity contribution is 5.73. The van der Waals surface area contributed by atoms with E-state index in [0.717, 1.165) is 0 Å². The van der Waals surface area contributed by atoms with Crippen LogP contribution in [0.2, 0.25) is 0 Å². The molecule has 0 radical (unpaired) electrons. The monoisotopic (exact) mass is 471 g/mol. The summed E-state index contributed by atoms with van der Waals surface area (Å²) in [5.41, 5.74) is 2.58. The Kier molecular flexibility index (Phi) is 5.72. The molecule has 0 amide bonds. The molecule has 1 atom stereocenters. The molecule has 174 valence electrons. The fourth-order valence-electron chi connectivity index (χ4n) is 3.65. The number of ether oxygens (including phenoxy) is 2. The number of rotatable bonds is 7. The van der Waals surface area contributed by atoms with Crippen molar-refractivity contribution in [3.8, 4) is 40.3 Å². The van der Waals surface area contributed by atoms with Crippen LogP contribution in [-0.4, -0.2) is 53.0 Å². The lowest BCUT2D eigenvalue weighted by Crippen LogP contribution is -2.20. The first-order chi connectivity index (χ1) is 17.1. The third-order valence-electron chi connectivity index (χ3n) is 5.18. The van der Waals surface area contributed by atoms with Crippen molar-refractivity contribution >= 4 is 5.65 Å². The third-order valence-corrected chi connectivity index (χ3v) is 5.18. The molecule has 35 heavy (non-hydrogen) atoms. The van der Waals surface area contributed by atoms with Gasteiger partial charge in [-0.1, -0.05) is 6.07 Å². The molecule has 0 aliphatic heterocycles. The Balaban J connectivity index is 1.50. The minimum Gasteiger partial charge on any atom is -0.495 e. The highest BCUT2D eigenvalue weighted by Crippen LogP contribution is 2.32. The van der Waals surface area contributed by atoms with Crippen LogP contribution in [0, 0.1) is 17.1 Å². The summed E-state index contributed by atoms with van der Waals surface area (Å²) in [6, 6.07) is 13.4. The second kappa shape index (κ2) is 9.14. The second-order valence-corrected chi connectivity index (χ2v) is 7.60. The van der Waals surface area contributed by atoms with Crippen molar-refractivity contribution in [2.75, 3.05) is 7.11 Å². The van der Waals surface area contributed by atoms with E-state index >= 15 is 0 Å². The topological polar surface area (TPSA) is 129 Å². The Hall–Kier alpha value is -4.92. The third kappa shape index (κ3) is 4.34. The van der Waals surface area contributed by atoms with E-state index in [9.17, 15) is 9.65 Å². The van der Waals surface area contributed by atoms with Gasteiger partial charge in [0.2, 0.25) is 5.88 Å². The molecule has 0 aliphatic carbocycles. The number of aromatic nitrogens is 8. The summed E-state index contributed by atoms with van der Waals surface area (Å²) in [6.07, 6.45) is 2.82. The van der Waals surface area contributed by atoms with E-state index < -0.39 is 5.82 Å². The molecule has 4 aromatic heterocycles. The molecule has 11 nitrogen and oxygen atoms in total. The zero-order valence-electron chi connectivity index (χ0n) is 18.7. The van der Waals surface area contributed by atoms with Crippen molar-refractivity contribution < 1.29 is 13.9 Å². The number of hydrogen-bond acceptors (Lipinski definition) is 9. The van der Waals surface area contributed by atoms with E-state index in [4.69, 9.17) is 9.47 Å². The van der Waals surface area contributed by atoms with Gasteiger partial charge in [0.05, 0.1) is 31.2 Å². The molecule has 0 saturated carbocycles. The van der Waals surface area contributed by atoms with Crippen LogP contribution in [0.15, 0.2) is 55.0 Å². The van der Waals surface area contributed by atoms with Crippen molar-refractivity contribution in [2.24, 2.45) is 0 Å². The van der Waals surface area contributed by atoms with Gasteiger partial charge in [-0.05, 0) is 41.6 Å². The number of benzene rings is 1. The van der Waals surface area contributed by atoms with E-state index in [1.165, 1.54) is 31.8 Å². The van der Waals surface area contributed by atoms with Gasteiger partial charge in [-0.25, -0.2) is 23.6 Å². The Labute approximate surface area is 198 Å². The first kappa shape index (κ1) is 21.9. The summed E-state index contributed by atoms with van der Waals surface area (Å²) in [4.78, 5) is 8.92. The molecule has 12 heteroatoms. The summed E-state index contributed by atoms with van der Waals surface area (Å²) < 4.78 is 28.5. The highest BCUT2D eigenvalue weighted by atomic mass is 19.1. The summed E-state index contributed by atoms with van der Waals surface area (Å²) in [5.74, 6) is 0.0117. The van der Waals surface area contributed by atoms with Gasteiger partial charge in [0, 0.05) is 17.7 Å². The average molecular weight is 471 g/mol. The lowest BCUT2D eigenvalue weighted by molar-refractivity contribution is 0.185. The molecule has 1 aromatic carbocycles. The Morgan fingerprint density at radius 3 is 2.83 bits per heavy atom. The number of halogens is 1. The molecule has 4 heterocycles. The number of pyridine rings is 1. The van der Waals surface area contributed by atoms with Crippen molar-refractivity contribution in [3.05, 3.63) is 66.4 Å². The largest absolute Gasteiger partial charge is 0.495 e. The van der Waals surface area contributed by atoms with E-state index in [1.54, 1.807) is 33.5 Å². The number of tetrazole rings is 1. The van der Waals surface area contributed by atoms with Gasteiger partial charge < -0.3 is 9.47 Å². The number of hydrogen-bond donors (Lipinski definition) is 0. The van der Waals surface area contributed by atoms with Crippen LogP contribution in [0.1, 0.15) is 12.5 Å². The molecule has 0 fully saturated rings. The zero-order valence-corrected chi connectivity index (χ0v) is 18.7. The molecule has 5 aromatic rings. The number of methoxy groups -OCH3 is 1. The van der Waals surface area contributed by atoms with Gasteiger partial charge in [0.25, 0.3) is 0 Å². The van der Waals surface area contributed by atoms with Crippen LogP contribution >= 0.6 is 0 Å². The van der Waals surface area contributed by atoms with E-state index in [-0.39, 0.29) is 17.4 Å². The van der Waals surface area contributed by atoms with E-state index in [2.05, 4.69) is 36.7 Å². The van der Waals surface area contributed by atoms with Crippen molar-refractivity contribution in [1.29, 1.82) is 5.26 Å².